The molecule has 0 saturated carbocycles. The Morgan fingerprint density at radius 1 is 1.07 bits per heavy atom. The van der Waals surface area contributed by atoms with Gasteiger partial charge in [-0.3, -0.25) is 4.79 Å². The molecule has 0 atom stereocenters. The fraction of sp³-hybridized carbons (Fsp3) is 0.350. The van der Waals surface area contributed by atoms with Crippen molar-refractivity contribution < 1.29 is 13.2 Å². The number of hydrogen-bond donors (Lipinski definition) is 1. The number of anilines is 1. The Kier molecular flexibility index (Phi) is 7.75. The highest BCUT2D eigenvalue weighted by atomic mass is 79.9. The minimum atomic E-state index is -3.48. The molecule has 1 heterocycles. The summed E-state index contributed by atoms with van der Waals surface area (Å²) in [4.78, 5) is 15.8. The lowest BCUT2D eigenvalue weighted by atomic mass is 10.3. The van der Waals surface area contributed by atoms with Crippen molar-refractivity contribution in [3.05, 3.63) is 53.0 Å². The summed E-state index contributed by atoms with van der Waals surface area (Å²) >= 11 is 4.92. The van der Waals surface area contributed by atoms with Gasteiger partial charge >= 0.3 is 0 Å². The van der Waals surface area contributed by atoms with E-state index in [1.807, 2.05) is 30.5 Å². The van der Waals surface area contributed by atoms with Gasteiger partial charge in [-0.1, -0.05) is 28.1 Å². The van der Waals surface area contributed by atoms with Crippen LogP contribution in [-0.4, -0.2) is 62.5 Å². The number of thioether (sulfide) groups is 1. The molecular weight excluding hydrogens is 474 g/mol. The number of rotatable bonds is 7. The molecule has 1 amide bonds. The Balaban J connectivity index is 1.48. The number of nitrogens with zero attached hydrogens (tertiary/aromatic N) is 2. The molecule has 9 heteroatoms. The smallest absolute Gasteiger partial charge is 0.243 e. The van der Waals surface area contributed by atoms with Crippen molar-refractivity contribution in [2.24, 2.45) is 0 Å². The first-order valence-electron chi connectivity index (χ1n) is 9.31. The Labute approximate surface area is 184 Å². The standard InChI is InChI=1S/C20H24BrN3O3S2/c1-28-19-5-3-2-4-18(19)22-20(25)10-11-23-12-14-24(15-13-23)29(26,27)17-8-6-16(21)7-9-17/h2-9H,10-15H2,1H3,(H,22,25). The van der Waals surface area contributed by atoms with E-state index >= 15 is 0 Å². The van der Waals surface area contributed by atoms with Gasteiger partial charge in [-0.25, -0.2) is 8.42 Å². The lowest BCUT2D eigenvalue weighted by Crippen LogP contribution is -2.49. The van der Waals surface area contributed by atoms with Crippen LogP contribution in [0, 0.1) is 0 Å². The van der Waals surface area contributed by atoms with E-state index in [1.165, 1.54) is 4.31 Å². The maximum Gasteiger partial charge on any atom is 0.243 e. The molecule has 0 bridgehead atoms. The molecule has 1 aliphatic heterocycles. The van der Waals surface area contributed by atoms with Crippen LogP contribution in [0.5, 0.6) is 0 Å². The third kappa shape index (κ3) is 5.82. The third-order valence-corrected chi connectivity index (χ3v) is 8.06. The zero-order valence-corrected chi connectivity index (χ0v) is 19.4. The molecule has 0 aromatic heterocycles. The second kappa shape index (κ2) is 10.1. The number of benzene rings is 2. The molecule has 1 saturated heterocycles. The minimum absolute atomic E-state index is 0.0311. The van der Waals surface area contributed by atoms with Crippen molar-refractivity contribution >= 4 is 49.3 Å². The maximum absolute atomic E-state index is 12.8. The van der Waals surface area contributed by atoms with Crippen LogP contribution in [0.2, 0.25) is 0 Å². The molecular formula is C20H24BrN3O3S2. The zero-order chi connectivity index (χ0) is 20.9. The van der Waals surface area contributed by atoms with E-state index in [-0.39, 0.29) is 5.91 Å². The summed E-state index contributed by atoms with van der Waals surface area (Å²) in [5.41, 5.74) is 0.829. The predicted octanol–water partition coefficient (Wildman–Crippen LogP) is 3.51. The summed E-state index contributed by atoms with van der Waals surface area (Å²) in [6, 6.07) is 14.4. The van der Waals surface area contributed by atoms with Crippen LogP contribution < -0.4 is 5.32 Å². The van der Waals surface area contributed by atoms with E-state index < -0.39 is 10.0 Å². The highest BCUT2D eigenvalue weighted by Crippen LogP contribution is 2.25. The first-order valence-corrected chi connectivity index (χ1v) is 12.8. The van der Waals surface area contributed by atoms with Crippen molar-refractivity contribution in [3.8, 4) is 0 Å². The van der Waals surface area contributed by atoms with Crippen molar-refractivity contribution in [3.63, 3.8) is 0 Å². The summed E-state index contributed by atoms with van der Waals surface area (Å²) in [6.07, 6.45) is 2.36. The molecule has 0 radical (unpaired) electrons. The van der Waals surface area contributed by atoms with E-state index in [4.69, 9.17) is 0 Å². The van der Waals surface area contributed by atoms with Gasteiger partial charge in [0.25, 0.3) is 0 Å². The molecule has 1 aliphatic rings. The van der Waals surface area contributed by atoms with E-state index in [0.29, 0.717) is 44.0 Å². The van der Waals surface area contributed by atoms with Crippen LogP contribution in [0.25, 0.3) is 0 Å². The monoisotopic (exact) mass is 497 g/mol. The highest BCUT2D eigenvalue weighted by molar-refractivity contribution is 9.10. The second-order valence-electron chi connectivity index (χ2n) is 6.70. The number of carbonyl (C=O) groups excluding carboxylic acids is 1. The number of amides is 1. The number of piperazine rings is 1. The van der Waals surface area contributed by atoms with Crippen LogP contribution in [-0.2, 0) is 14.8 Å². The minimum Gasteiger partial charge on any atom is -0.325 e. The largest absolute Gasteiger partial charge is 0.325 e. The van der Waals surface area contributed by atoms with Gasteiger partial charge in [0.1, 0.15) is 0 Å². The Morgan fingerprint density at radius 3 is 2.38 bits per heavy atom. The molecule has 1 fully saturated rings. The molecule has 29 heavy (non-hydrogen) atoms. The average molecular weight is 498 g/mol. The number of para-hydroxylation sites is 1. The highest BCUT2D eigenvalue weighted by Gasteiger charge is 2.28. The number of carbonyl (C=O) groups is 1. The van der Waals surface area contributed by atoms with Gasteiger partial charge in [0.15, 0.2) is 0 Å². The second-order valence-corrected chi connectivity index (χ2v) is 10.4. The molecule has 0 unspecified atom stereocenters. The molecule has 1 N–H and O–H groups in total. The fourth-order valence-electron chi connectivity index (χ4n) is 3.17. The molecule has 0 spiro atoms. The van der Waals surface area contributed by atoms with E-state index in [1.54, 1.807) is 36.0 Å². The lowest BCUT2D eigenvalue weighted by Gasteiger charge is -2.33. The third-order valence-electron chi connectivity index (χ3n) is 4.82. The number of hydrogen-bond acceptors (Lipinski definition) is 5. The molecule has 3 rings (SSSR count). The quantitative estimate of drug-likeness (QED) is 0.592. The van der Waals surface area contributed by atoms with E-state index in [9.17, 15) is 13.2 Å². The lowest BCUT2D eigenvalue weighted by molar-refractivity contribution is -0.116. The van der Waals surface area contributed by atoms with Crippen molar-refractivity contribution in [2.45, 2.75) is 16.2 Å². The molecule has 6 nitrogen and oxygen atoms in total. The van der Waals surface area contributed by atoms with Crippen LogP contribution in [0.15, 0.2) is 62.8 Å². The van der Waals surface area contributed by atoms with Crippen LogP contribution in [0.1, 0.15) is 6.42 Å². The fourth-order valence-corrected chi connectivity index (χ4v) is 5.41. The Bertz CT molecular complexity index is 944. The van der Waals surface area contributed by atoms with Gasteiger partial charge < -0.3 is 10.2 Å². The number of halogens is 1. The van der Waals surface area contributed by atoms with Crippen molar-refractivity contribution in [1.29, 1.82) is 0 Å². The SMILES string of the molecule is CSc1ccccc1NC(=O)CCN1CCN(S(=O)(=O)c2ccc(Br)cc2)CC1. The van der Waals surface area contributed by atoms with Crippen molar-refractivity contribution in [1.82, 2.24) is 9.21 Å². The van der Waals surface area contributed by atoms with Crippen molar-refractivity contribution in [2.75, 3.05) is 44.3 Å². The molecule has 156 valence electrons. The summed E-state index contributed by atoms with van der Waals surface area (Å²) in [5.74, 6) is -0.0311. The summed E-state index contributed by atoms with van der Waals surface area (Å²) in [5, 5.41) is 2.96. The van der Waals surface area contributed by atoms with E-state index in [0.717, 1.165) is 15.1 Å². The Morgan fingerprint density at radius 2 is 1.72 bits per heavy atom. The number of sulfonamides is 1. The predicted molar refractivity (Wildman–Crippen MR) is 121 cm³/mol. The van der Waals surface area contributed by atoms with Crippen LogP contribution in [0.4, 0.5) is 5.69 Å². The Hall–Kier alpha value is -1.39. The summed E-state index contributed by atoms with van der Waals surface area (Å²) < 4.78 is 27.9. The van der Waals surface area contributed by atoms with Crippen LogP contribution >= 0.6 is 27.7 Å². The summed E-state index contributed by atoms with van der Waals surface area (Å²) in [7, 11) is -3.48. The van der Waals surface area contributed by atoms with Gasteiger partial charge in [0.2, 0.25) is 15.9 Å². The van der Waals surface area contributed by atoms with Gasteiger partial charge in [0, 0.05) is 48.5 Å². The average Bonchev–Trinajstić information content (AvgIpc) is 2.73. The molecule has 2 aromatic carbocycles. The number of nitrogens with one attached hydrogen (secondary N) is 1. The van der Waals surface area contributed by atoms with Gasteiger partial charge in [-0.15, -0.1) is 11.8 Å². The first-order chi connectivity index (χ1) is 13.9. The topological polar surface area (TPSA) is 69.7 Å². The van der Waals surface area contributed by atoms with E-state index in [2.05, 4.69) is 26.1 Å². The molecule has 2 aromatic rings. The maximum atomic E-state index is 12.8. The first kappa shape index (κ1) is 22.3. The molecule has 0 aliphatic carbocycles. The van der Waals surface area contributed by atoms with Crippen LogP contribution in [0.3, 0.4) is 0 Å². The zero-order valence-electron chi connectivity index (χ0n) is 16.2. The van der Waals surface area contributed by atoms with Gasteiger partial charge in [-0.2, -0.15) is 4.31 Å². The van der Waals surface area contributed by atoms with Gasteiger partial charge in [-0.05, 0) is 42.7 Å². The summed E-state index contributed by atoms with van der Waals surface area (Å²) in [6.45, 7) is 2.69. The normalized spacial score (nSPS) is 15.9. The van der Waals surface area contributed by atoms with Gasteiger partial charge in [0.05, 0.1) is 10.6 Å².